The van der Waals surface area contributed by atoms with Crippen LogP contribution < -0.4 is 19.7 Å². The molecule has 1 aliphatic rings. The van der Waals surface area contributed by atoms with Gasteiger partial charge in [0.1, 0.15) is 12.4 Å². The summed E-state index contributed by atoms with van der Waals surface area (Å²) in [5.41, 5.74) is 0.675. The van der Waals surface area contributed by atoms with E-state index in [-0.39, 0.29) is 23.3 Å². The van der Waals surface area contributed by atoms with Gasteiger partial charge in [0.2, 0.25) is 11.8 Å². The third kappa shape index (κ3) is 4.99. The molecule has 8 nitrogen and oxygen atoms in total. The van der Waals surface area contributed by atoms with Crippen LogP contribution in [-0.2, 0) is 19.6 Å². The molecule has 9 heteroatoms. The van der Waals surface area contributed by atoms with Gasteiger partial charge in [0.15, 0.2) is 0 Å². The van der Waals surface area contributed by atoms with Gasteiger partial charge < -0.3 is 15.0 Å². The lowest BCUT2D eigenvalue weighted by molar-refractivity contribution is -0.127. The molecular weight excluding hydrogens is 418 g/mol. The van der Waals surface area contributed by atoms with Crippen molar-refractivity contribution in [1.29, 1.82) is 0 Å². The number of hydrogen-bond acceptors (Lipinski definition) is 5. The van der Waals surface area contributed by atoms with Gasteiger partial charge in [-0.1, -0.05) is 6.92 Å². The van der Waals surface area contributed by atoms with Crippen LogP contribution in [0.1, 0.15) is 34.1 Å². The topological polar surface area (TPSA) is 105 Å². The Balaban J connectivity index is 1.90. The summed E-state index contributed by atoms with van der Waals surface area (Å²) >= 11 is 0. The van der Waals surface area contributed by atoms with Crippen LogP contribution in [0.15, 0.2) is 47.4 Å². The molecule has 2 N–H and O–H groups in total. The molecular formula is C22H27N3O5S. The maximum Gasteiger partial charge on any atom is 0.261 e. The number of carbonyl (C=O) groups excluding carboxylic acids is 2. The number of benzene rings is 2. The third-order valence-corrected chi connectivity index (χ3v) is 6.24. The maximum absolute atomic E-state index is 13.0. The lowest BCUT2D eigenvalue weighted by atomic mass is 9.93. The highest BCUT2D eigenvalue weighted by Gasteiger charge is 2.37. The van der Waals surface area contributed by atoms with E-state index in [0.717, 1.165) is 6.42 Å². The van der Waals surface area contributed by atoms with E-state index in [1.807, 2.05) is 20.8 Å². The van der Waals surface area contributed by atoms with Crippen molar-refractivity contribution in [3.63, 3.8) is 0 Å². The Kier molecular flexibility index (Phi) is 6.26. The summed E-state index contributed by atoms with van der Waals surface area (Å²) in [5, 5.41) is 2.60. The number of fused-ring (bicyclic) bond motifs is 1. The molecule has 0 atom stereocenters. The quantitative estimate of drug-likeness (QED) is 0.707. The summed E-state index contributed by atoms with van der Waals surface area (Å²) in [6.45, 7) is 7.76. The van der Waals surface area contributed by atoms with E-state index in [9.17, 15) is 18.0 Å². The smallest absolute Gasteiger partial charge is 0.261 e. The molecule has 1 aliphatic heterocycles. The van der Waals surface area contributed by atoms with Crippen molar-refractivity contribution in [3.8, 4) is 5.75 Å². The zero-order chi connectivity index (χ0) is 22.8. The number of sulfonamides is 1. The van der Waals surface area contributed by atoms with Gasteiger partial charge >= 0.3 is 0 Å². The molecule has 2 aromatic rings. The van der Waals surface area contributed by atoms with Gasteiger partial charge in [-0.2, -0.15) is 0 Å². The highest BCUT2D eigenvalue weighted by atomic mass is 32.2. The fraction of sp³-hybridized carbons (Fsp3) is 0.364. The number of rotatable bonds is 6. The zero-order valence-electron chi connectivity index (χ0n) is 18.1. The van der Waals surface area contributed by atoms with Crippen LogP contribution in [0.5, 0.6) is 5.75 Å². The second-order valence-corrected chi connectivity index (χ2v) is 9.81. The fourth-order valence-corrected chi connectivity index (χ4v) is 4.34. The number of nitrogens with zero attached hydrogens (tertiary/aromatic N) is 1. The van der Waals surface area contributed by atoms with E-state index >= 15 is 0 Å². The first-order valence-corrected chi connectivity index (χ1v) is 11.5. The van der Waals surface area contributed by atoms with Crippen molar-refractivity contribution in [1.82, 2.24) is 0 Å². The van der Waals surface area contributed by atoms with Gasteiger partial charge in [0, 0.05) is 19.2 Å². The Morgan fingerprint density at radius 3 is 2.39 bits per heavy atom. The van der Waals surface area contributed by atoms with Crippen molar-refractivity contribution in [2.45, 2.75) is 39.0 Å². The maximum atomic E-state index is 13.0. The van der Waals surface area contributed by atoms with E-state index in [1.165, 1.54) is 31.2 Å². The Hall–Kier alpha value is -3.07. The van der Waals surface area contributed by atoms with Crippen molar-refractivity contribution < 1.29 is 22.7 Å². The average Bonchev–Trinajstić information content (AvgIpc) is 2.78. The Labute approximate surface area is 182 Å². The van der Waals surface area contributed by atoms with Crippen LogP contribution in [0.4, 0.5) is 17.1 Å². The summed E-state index contributed by atoms with van der Waals surface area (Å²) < 4.78 is 34.1. The van der Waals surface area contributed by atoms with E-state index in [4.69, 9.17) is 4.74 Å². The van der Waals surface area contributed by atoms with Gasteiger partial charge in [-0.15, -0.1) is 0 Å². The molecule has 0 fully saturated rings. The first-order chi connectivity index (χ1) is 14.5. The van der Waals surface area contributed by atoms with Crippen LogP contribution in [0, 0.1) is 5.41 Å². The molecule has 0 aromatic heterocycles. The third-order valence-electron chi connectivity index (χ3n) is 4.85. The summed E-state index contributed by atoms with van der Waals surface area (Å²) in [6, 6.07) is 10.8. The Bertz CT molecular complexity index is 1090. The van der Waals surface area contributed by atoms with E-state index in [0.29, 0.717) is 29.4 Å². The lowest BCUT2D eigenvalue weighted by Crippen LogP contribution is -2.42. The Morgan fingerprint density at radius 2 is 1.77 bits per heavy atom. The van der Waals surface area contributed by atoms with Gasteiger partial charge in [-0.3, -0.25) is 14.3 Å². The minimum absolute atomic E-state index is 0.0513. The second-order valence-electron chi connectivity index (χ2n) is 8.12. The van der Waals surface area contributed by atoms with Crippen molar-refractivity contribution in [2.75, 3.05) is 28.1 Å². The van der Waals surface area contributed by atoms with Crippen molar-refractivity contribution >= 4 is 38.9 Å². The molecule has 2 aromatic carbocycles. The van der Waals surface area contributed by atoms with Gasteiger partial charge in [0.05, 0.1) is 21.7 Å². The minimum atomic E-state index is -3.87. The van der Waals surface area contributed by atoms with Crippen LogP contribution in [0.2, 0.25) is 0 Å². The molecule has 0 saturated heterocycles. The summed E-state index contributed by atoms with van der Waals surface area (Å²) in [4.78, 5) is 25.9. The monoisotopic (exact) mass is 445 g/mol. The van der Waals surface area contributed by atoms with Crippen LogP contribution >= 0.6 is 0 Å². The Morgan fingerprint density at radius 1 is 1.13 bits per heavy atom. The molecule has 31 heavy (non-hydrogen) atoms. The normalized spacial score (nSPS) is 15.5. The van der Waals surface area contributed by atoms with Gasteiger partial charge in [-0.25, -0.2) is 8.42 Å². The molecule has 0 spiro atoms. The lowest BCUT2D eigenvalue weighted by Gasteiger charge is -2.28. The molecule has 0 saturated carbocycles. The van der Waals surface area contributed by atoms with Crippen LogP contribution in [0.3, 0.4) is 0 Å². The molecule has 0 unspecified atom stereocenters. The number of amides is 2. The number of nitrogens with one attached hydrogen (secondary N) is 2. The SMILES string of the molecule is CCCN1C(=O)C(C)(C)COc2ccc(NS(=O)(=O)c3ccc(NC(C)=O)cc3)cc21. The summed E-state index contributed by atoms with van der Waals surface area (Å²) in [5.74, 6) is 0.229. The predicted molar refractivity (Wildman–Crippen MR) is 120 cm³/mol. The molecule has 0 radical (unpaired) electrons. The largest absolute Gasteiger partial charge is 0.490 e. The summed E-state index contributed by atoms with van der Waals surface area (Å²) in [6.07, 6.45) is 0.748. The molecule has 0 bridgehead atoms. The number of anilines is 3. The second kappa shape index (κ2) is 8.58. The first-order valence-electron chi connectivity index (χ1n) is 10.0. The van der Waals surface area contributed by atoms with Gasteiger partial charge in [0.25, 0.3) is 10.0 Å². The van der Waals surface area contributed by atoms with Crippen LogP contribution in [0.25, 0.3) is 0 Å². The summed E-state index contributed by atoms with van der Waals surface area (Å²) in [7, 11) is -3.87. The van der Waals surface area contributed by atoms with Gasteiger partial charge in [-0.05, 0) is 62.7 Å². The number of carbonyl (C=O) groups is 2. The van der Waals surface area contributed by atoms with E-state index < -0.39 is 15.4 Å². The average molecular weight is 446 g/mol. The molecule has 2 amide bonds. The molecule has 3 rings (SSSR count). The highest BCUT2D eigenvalue weighted by Crippen LogP contribution is 2.38. The van der Waals surface area contributed by atoms with Crippen LogP contribution in [-0.4, -0.2) is 33.4 Å². The molecule has 1 heterocycles. The molecule has 0 aliphatic carbocycles. The molecule has 166 valence electrons. The predicted octanol–water partition coefficient (Wildman–Crippen LogP) is 3.61. The van der Waals surface area contributed by atoms with Crippen molar-refractivity contribution in [2.24, 2.45) is 5.41 Å². The standard InChI is InChI=1S/C22H27N3O5S/c1-5-12-25-19-13-17(8-11-20(19)30-14-22(3,4)21(25)27)24-31(28,29)18-9-6-16(7-10-18)23-15(2)26/h6-11,13,24H,5,12,14H2,1-4H3,(H,23,26). The van der Waals surface area contributed by atoms with Crippen molar-refractivity contribution in [3.05, 3.63) is 42.5 Å². The highest BCUT2D eigenvalue weighted by molar-refractivity contribution is 7.92. The zero-order valence-corrected chi connectivity index (χ0v) is 18.9. The number of hydrogen-bond donors (Lipinski definition) is 2. The fourth-order valence-electron chi connectivity index (χ4n) is 3.29. The number of ether oxygens (including phenoxy) is 1. The minimum Gasteiger partial charge on any atom is -0.490 e. The first kappa shape index (κ1) is 22.6. The van der Waals surface area contributed by atoms with E-state index in [2.05, 4.69) is 10.0 Å². The van der Waals surface area contributed by atoms with E-state index in [1.54, 1.807) is 23.1 Å².